The van der Waals surface area contributed by atoms with Crippen molar-refractivity contribution in [1.82, 2.24) is 0 Å². The van der Waals surface area contributed by atoms with E-state index in [1.807, 2.05) is 12.1 Å². The van der Waals surface area contributed by atoms with Gasteiger partial charge in [0.05, 0.1) is 0 Å². The van der Waals surface area contributed by atoms with Crippen molar-refractivity contribution in [2.24, 2.45) is 0 Å². The lowest BCUT2D eigenvalue weighted by atomic mass is 9.95. The average Bonchev–Trinajstić information content (AvgIpc) is 2.39. The van der Waals surface area contributed by atoms with Gasteiger partial charge in [-0.1, -0.05) is 56.3 Å². The molecule has 0 nitrogen and oxygen atoms in total. The summed E-state index contributed by atoms with van der Waals surface area (Å²) in [6.07, 6.45) is 2.19. The zero-order chi connectivity index (χ0) is 11.4. The van der Waals surface area contributed by atoms with Gasteiger partial charge in [-0.05, 0) is 41.2 Å². The van der Waals surface area contributed by atoms with Gasteiger partial charge >= 0.3 is 0 Å². The third-order valence-electron chi connectivity index (χ3n) is 2.99. The predicted octanol–water partition coefficient (Wildman–Crippen LogP) is 4.28. The van der Waals surface area contributed by atoms with E-state index in [2.05, 4.69) is 50.2 Å². The Labute approximate surface area is 97.9 Å². The maximum Gasteiger partial charge on any atom is -0.0152 e. The fourth-order valence-corrected chi connectivity index (χ4v) is 2.01. The van der Waals surface area contributed by atoms with E-state index in [-0.39, 0.29) is 0 Å². The van der Waals surface area contributed by atoms with E-state index in [4.69, 9.17) is 0 Å². The minimum absolute atomic E-state index is 1.09. The molecule has 1 radical (unpaired) electrons. The fourth-order valence-electron chi connectivity index (χ4n) is 2.01. The van der Waals surface area contributed by atoms with E-state index in [0.717, 1.165) is 12.8 Å². The van der Waals surface area contributed by atoms with Gasteiger partial charge in [0.1, 0.15) is 0 Å². The van der Waals surface area contributed by atoms with Crippen LogP contribution in [-0.4, -0.2) is 0 Å². The molecule has 0 atom stereocenters. The molecule has 0 heterocycles. The molecule has 16 heavy (non-hydrogen) atoms. The monoisotopic (exact) mass is 209 g/mol. The summed E-state index contributed by atoms with van der Waals surface area (Å²) in [6.45, 7) is 4.42. The van der Waals surface area contributed by atoms with E-state index in [1.54, 1.807) is 0 Å². The Morgan fingerprint density at radius 1 is 0.938 bits per heavy atom. The van der Waals surface area contributed by atoms with Gasteiger partial charge in [-0.2, -0.15) is 0 Å². The molecule has 0 spiro atoms. The van der Waals surface area contributed by atoms with Gasteiger partial charge < -0.3 is 0 Å². The minimum Gasteiger partial charge on any atom is -0.0613 e. The van der Waals surface area contributed by atoms with Gasteiger partial charge in [-0.15, -0.1) is 0 Å². The molecular weight excluding hydrogens is 192 g/mol. The lowest BCUT2D eigenvalue weighted by Crippen LogP contribution is -1.90. The summed E-state index contributed by atoms with van der Waals surface area (Å²) in [4.78, 5) is 0. The second-order valence-corrected chi connectivity index (χ2v) is 3.99. The van der Waals surface area contributed by atoms with Gasteiger partial charge in [-0.3, -0.25) is 0 Å². The lowest BCUT2D eigenvalue weighted by Gasteiger charge is -2.09. The quantitative estimate of drug-likeness (QED) is 0.707. The van der Waals surface area contributed by atoms with Crippen molar-refractivity contribution in [3.63, 3.8) is 0 Å². The highest BCUT2D eigenvalue weighted by Crippen LogP contribution is 2.25. The van der Waals surface area contributed by atoms with Crippen LogP contribution >= 0.6 is 0 Å². The van der Waals surface area contributed by atoms with Crippen LogP contribution in [0.2, 0.25) is 0 Å². The third-order valence-corrected chi connectivity index (χ3v) is 2.99. The number of rotatable bonds is 3. The van der Waals surface area contributed by atoms with Gasteiger partial charge in [0.15, 0.2) is 0 Å². The number of aryl methyl sites for hydroxylation is 2. The molecule has 0 aliphatic carbocycles. The third kappa shape index (κ3) is 2.16. The standard InChI is InChI=1S/C16H17/c1-3-13-10-11-16(14(4-2)12-13)15-8-6-5-7-9-15/h6-12H,3-4H2,1-2H3. The Bertz CT molecular complexity index is 455. The highest BCUT2D eigenvalue weighted by Gasteiger charge is 2.03. The van der Waals surface area contributed by atoms with E-state index in [0.29, 0.717) is 0 Å². The molecule has 0 saturated carbocycles. The van der Waals surface area contributed by atoms with Crippen LogP contribution in [0.25, 0.3) is 11.1 Å². The van der Waals surface area contributed by atoms with Crippen molar-refractivity contribution in [3.8, 4) is 11.1 Å². The van der Waals surface area contributed by atoms with Crippen LogP contribution in [-0.2, 0) is 12.8 Å². The summed E-state index contributed by atoms with van der Waals surface area (Å²) >= 11 is 0. The molecule has 0 bridgehead atoms. The number of benzene rings is 2. The van der Waals surface area contributed by atoms with E-state index >= 15 is 0 Å². The Kier molecular flexibility index (Phi) is 3.40. The molecule has 0 aromatic heterocycles. The molecule has 2 aromatic carbocycles. The first kappa shape index (κ1) is 10.9. The van der Waals surface area contributed by atoms with Crippen molar-refractivity contribution in [1.29, 1.82) is 0 Å². The molecule has 0 fully saturated rings. The van der Waals surface area contributed by atoms with Crippen molar-refractivity contribution in [2.45, 2.75) is 26.7 Å². The van der Waals surface area contributed by atoms with Crippen LogP contribution in [0.3, 0.4) is 0 Å². The smallest absolute Gasteiger partial charge is 0.0152 e. The SMILES string of the molecule is CCc1ccc(-c2cc[c]cc2)c(CC)c1. The first-order chi connectivity index (χ1) is 7.85. The van der Waals surface area contributed by atoms with Crippen molar-refractivity contribution >= 4 is 0 Å². The molecular formula is C16H17. The van der Waals surface area contributed by atoms with Crippen LogP contribution in [0.1, 0.15) is 25.0 Å². The highest BCUT2D eigenvalue weighted by molar-refractivity contribution is 5.67. The Morgan fingerprint density at radius 3 is 2.31 bits per heavy atom. The first-order valence-corrected chi connectivity index (χ1v) is 5.93. The zero-order valence-electron chi connectivity index (χ0n) is 9.96. The molecule has 0 amide bonds. The highest BCUT2D eigenvalue weighted by atomic mass is 14.1. The second kappa shape index (κ2) is 4.98. The van der Waals surface area contributed by atoms with Crippen LogP contribution in [0, 0.1) is 6.07 Å². The van der Waals surface area contributed by atoms with Gasteiger partial charge in [0.2, 0.25) is 0 Å². The normalized spacial score (nSPS) is 10.4. The summed E-state index contributed by atoms with van der Waals surface area (Å²) in [5.74, 6) is 0. The van der Waals surface area contributed by atoms with Gasteiger partial charge in [0.25, 0.3) is 0 Å². The molecule has 0 saturated heterocycles. The van der Waals surface area contributed by atoms with E-state index < -0.39 is 0 Å². The van der Waals surface area contributed by atoms with Gasteiger partial charge in [0, 0.05) is 0 Å². The summed E-state index contributed by atoms with van der Waals surface area (Å²) in [7, 11) is 0. The Balaban J connectivity index is 2.49. The van der Waals surface area contributed by atoms with E-state index in [9.17, 15) is 0 Å². The zero-order valence-corrected chi connectivity index (χ0v) is 9.96. The van der Waals surface area contributed by atoms with Crippen LogP contribution < -0.4 is 0 Å². The number of hydrogen-bond acceptors (Lipinski definition) is 0. The van der Waals surface area contributed by atoms with Crippen LogP contribution in [0.4, 0.5) is 0 Å². The molecule has 0 heteroatoms. The molecule has 2 rings (SSSR count). The Morgan fingerprint density at radius 2 is 1.69 bits per heavy atom. The van der Waals surface area contributed by atoms with Crippen molar-refractivity contribution in [2.75, 3.05) is 0 Å². The molecule has 81 valence electrons. The van der Waals surface area contributed by atoms with Crippen LogP contribution in [0.5, 0.6) is 0 Å². The summed E-state index contributed by atoms with van der Waals surface area (Å²) in [5.41, 5.74) is 5.50. The fraction of sp³-hybridized carbons (Fsp3) is 0.250. The molecule has 0 aliphatic rings. The summed E-state index contributed by atoms with van der Waals surface area (Å²) in [6, 6.07) is 18.1. The molecule has 0 aliphatic heterocycles. The maximum atomic E-state index is 3.06. The minimum atomic E-state index is 1.09. The summed E-state index contributed by atoms with van der Waals surface area (Å²) < 4.78 is 0. The van der Waals surface area contributed by atoms with Gasteiger partial charge in [-0.25, -0.2) is 0 Å². The maximum absolute atomic E-state index is 3.06. The topological polar surface area (TPSA) is 0 Å². The van der Waals surface area contributed by atoms with Crippen LogP contribution in [0.15, 0.2) is 42.5 Å². The van der Waals surface area contributed by atoms with E-state index in [1.165, 1.54) is 22.3 Å². The average molecular weight is 209 g/mol. The lowest BCUT2D eigenvalue weighted by molar-refractivity contribution is 1.09. The molecule has 2 aromatic rings. The van der Waals surface area contributed by atoms with Crippen molar-refractivity contribution < 1.29 is 0 Å². The second-order valence-electron chi connectivity index (χ2n) is 3.99. The largest absolute Gasteiger partial charge is 0.0613 e. The Hall–Kier alpha value is -1.56. The predicted molar refractivity (Wildman–Crippen MR) is 69.5 cm³/mol. The number of hydrogen-bond donors (Lipinski definition) is 0. The van der Waals surface area contributed by atoms with Crippen molar-refractivity contribution in [3.05, 3.63) is 59.7 Å². The molecule has 0 N–H and O–H groups in total. The molecule has 0 unspecified atom stereocenters. The first-order valence-electron chi connectivity index (χ1n) is 5.93. The summed E-state index contributed by atoms with van der Waals surface area (Å²) in [5, 5.41) is 0.